The number of halogens is 2. The van der Waals surface area contributed by atoms with Crippen molar-refractivity contribution in [2.45, 2.75) is 13.1 Å². The summed E-state index contributed by atoms with van der Waals surface area (Å²) in [6.07, 6.45) is 0. The van der Waals surface area contributed by atoms with E-state index in [0.717, 1.165) is 17.6 Å². The van der Waals surface area contributed by atoms with Crippen molar-refractivity contribution in [1.82, 2.24) is 19.9 Å². The van der Waals surface area contributed by atoms with Crippen molar-refractivity contribution < 1.29 is 9.32 Å². The van der Waals surface area contributed by atoms with Gasteiger partial charge in [-0.05, 0) is 24.3 Å². The Hall–Kier alpha value is -1.48. The van der Waals surface area contributed by atoms with Gasteiger partial charge in [0.2, 0.25) is 5.89 Å². The van der Waals surface area contributed by atoms with Gasteiger partial charge in [0, 0.05) is 36.2 Å². The summed E-state index contributed by atoms with van der Waals surface area (Å²) in [5, 5.41) is 3.90. The predicted molar refractivity (Wildman–Crippen MR) is 94.8 cm³/mol. The zero-order valence-electron chi connectivity index (χ0n) is 13.0. The van der Waals surface area contributed by atoms with Gasteiger partial charge in [-0.15, -0.1) is 12.4 Å². The van der Waals surface area contributed by atoms with E-state index in [2.05, 4.69) is 31.0 Å². The predicted octanol–water partition coefficient (Wildman–Crippen LogP) is 1.67. The van der Waals surface area contributed by atoms with Crippen LogP contribution in [-0.4, -0.2) is 52.0 Å². The van der Waals surface area contributed by atoms with Gasteiger partial charge in [-0.2, -0.15) is 4.98 Å². The molecule has 0 aliphatic carbocycles. The monoisotopic (exact) mass is 415 g/mol. The number of piperazine rings is 1. The van der Waals surface area contributed by atoms with Crippen molar-refractivity contribution in [2.24, 2.45) is 5.73 Å². The smallest absolute Gasteiger partial charge is 0.253 e. The van der Waals surface area contributed by atoms with E-state index in [-0.39, 0.29) is 24.9 Å². The second-order valence-electron chi connectivity index (χ2n) is 5.38. The third kappa shape index (κ3) is 4.54. The van der Waals surface area contributed by atoms with E-state index >= 15 is 0 Å². The van der Waals surface area contributed by atoms with Gasteiger partial charge in [-0.3, -0.25) is 9.69 Å². The molecule has 7 nitrogen and oxygen atoms in total. The van der Waals surface area contributed by atoms with Crippen LogP contribution in [0.5, 0.6) is 0 Å². The number of carbonyl (C=O) groups excluding carboxylic acids is 1. The van der Waals surface area contributed by atoms with Crippen LogP contribution in [0.3, 0.4) is 0 Å². The zero-order chi connectivity index (χ0) is 16.2. The third-order valence-corrected chi connectivity index (χ3v) is 4.33. The average molecular weight is 417 g/mol. The highest BCUT2D eigenvalue weighted by molar-refractivity contribution is 9.10. The Morgan fingerprint density at radius 2 is 1.88 bits per heavy atom. The quantitative estimate of drug-likeness (QED) is 0.815. The molecule has 2 aromatic rings. The normalized spacial score (nSPS) is 15.2. The average Bonchev–Trinajstić information content (AvgIpc) is 3.03. The van der Waals surface area contributed by atoms with Crippen LogP contribution in [0.15, 0.2) is 33.3 Å². The van der Waals surface area contributed by atoms with Crippen LogP contribution in [0, 0.1) is 0 Å². The van der Waals surface area contributed by atoms with Gasteiger partial charge in [0.05, 0.1) is 13.1 Å². The number of carbonyl (C=O) groups is 1. The van der Waals surface area contributed by atoms with Gasteiger partial charge in [-0.1, -0.05) is 21.1 Å². The molecule has 1 fully saturated rings. The molecule has 1 aliphatic heterocycles. The minimum absolute atomic E-state index is 0. The van der Waals surface area contributed by atoms with Crippen LogP contribution in [0.25, 0.3) is 0 Å². The summed E-state index contributed by atoms with van der Waals surface area (Å²) in [7, 11) is 0. The summed E-state index contributed by atoms with van der Waals surface area (Å²) in [6.45, 7) is 3.82. The number of nitrogens with zero attached hydrogens (tertiary/aromatic N) is 4. The van der Waals surface area contributed by atoms with E-state index in [1.165, 1.54) is 0 Å². The first-order chi connectivity index (χ1) is 11.2. The largest absolute Gasteiger partial charge is 0.338 e. The summed E-state index contributed by atoms with van der Waals surface area (Å²) in [5.74, 6) is 1.16. The summed E-state index contributed by atoms with van der Waals surface area (Å²) < 4.78 is 5.97. The highest BCUT2D eigenvalue weighted by Gasteiger charge is 2.23. The van der Waals surface area contributed by atoms with Crippen LogP contribution in [0.4, 0.5) is 0 Å². The summed E-state index contributed by atoms with van der Waals surface area (Å²) >= 11 is 3.38. The minimum atomic E-state index is 0. The van der Waals surface area contributed by atoms with E-state index in [1.807, 2.05) is 29.2 Å². The molecule has 0 radical (unpaired) electrons. The molecular weight excluding hydrogens is 398 g/mol. The zero-order valence-corrected chi connectivity index (χ0v) is 15.4. The van der Waals surface area contributed by atoms with E-state index in [9.17, 15) is 4.79 Å². The minimum Gasteiger partial charge on any atom is -0.338 e. The first-order valence-corrected chi connectivity index (χ1v) is 8.24. The van der Waals surface area contributed by atoms with E-state index in [0.29, 0.717) is 36.9 Å². The van der Waals surface area contributed by atoms with Crippen LogP contribution in [0.2, 0.25) is 0 Å². The van der Waals surface area contributed by atoms with Gasteiger partial charge in [0.25, 0.3) is 5.91 Å². The highest BCUT2D eigenvalue weighted by Crippen LogP contribution is 2.14. The second kappa shape index (κ2) is 8.57. The van der Waals surface area contributed by atoms with Gasteiger partial charge in [0.15, 0.2) is 5.82 Å². The number of rotatable bonds is 4. The van der Waals surface area contributed by atoms with Crippen LogP contribution in [-0.2, 0) is 13.1 Å². The Kier molecular flexibility index (Phi) is 6.73. The van der Waals surface area contributed by atoms with Gasteiger partial charge in [0.1, 0.15) is 0 Å². The number of hydrogen-bond donors (Lipinski definition) is 1. The Morgan fingerprint density at radius 3 is 2.46 bits per heavy atom. The third-order valence-electron chi connectivity index (χ3n) is 3.80. The molecule has 9 heteroatoms. The summed E-state index contributed by atoms with van der Waals surface area (Å²) in [5.41, 5.74) is 6.17. The maximum atomic E-state index is 12.5. The highest BCUT2D eigenvalue weighted by atomic mass is 79.9. The lowest BCUT2D eigenvalue weighted by Gasteiger charge is -2.34. The molecule has 130 valence electrons. The topological polar surface area (TPSA) is 88.5 Å². The van der Waals surface area contributed by atoms with Crippen LogP contribution >= 0.6 is 28.3 Å². The van der Waals surface area contributed by atoms with E-state index in [1.54, 1.807) is 0 Å². The Morgan fingerprint density at radius 1 is 1.21 bits per heavy atom. The van der Waals surface area contributed by atoms with Crippen molar-refractivity contribution >= 4 is 34.2 Å². The van der Waals surface area contributed by atoms with Crippen molar-refractivity contribution in [3.8, 4) is 0 Å². The number of aromatic nitrogens is 2. The molecule has 1 aromatic carbocycles. The Bertz CT molecular complexity index is 671. The fourth-order valence-corrected chi connectivity index (χ4v) is 2.79. The van der Waals surface area contributed by atoms with Gasteiger partial charge < -0.3 is 15.2 Å². The molecule has 0 bridgehead atoms. The van der Waals surface area contributed by atoms with Gasteiger partial charge in [-0.25, -0.2) is 0 Å². The maximum Gasteiger partial charge on any atom is 0.253 e. The molecule has 0 atom stereocenters. The van der Waals surface area contributed by atoms with Gasteiger partial charge >= 0.3 is 0 Å². The molecule has 0 unspecified atom stereocenters. The second-order valence-corrected chi connectivity index (χ2v) is 6.30. The SMILES string of the molecule is Cl.NCc1nc(CN2CCN(C(=O)c3ccc(Br)cc3)CC2)no1. The summed E-state index contributed by atoms with van der Waals surface area (Å²) in [6, 6.07) is 7.45. The van der Waals surface area contributed by atoms with Crippen molar-refractivity contribution in [3.63, 3.8) is 0 Å². The number of nitrogens with two attached hydrogens (primary N) is 1. The number of amides is 1. The lowest BCUT2D eigenvalue weighted by molar-refractivity contribution is 0.0624. The lowest BCUT2D eigenvalue weighted by atomic mass is 10.2. The first-order valence-electron chi connectivity index (χ1n) is 7.44. The Labute approximate surface area is 154 Å². The lowest BCUT2D eigenvalue weighted by Crippen LogP contribution is -2.48. The fraction of sp³-hybridized carbons (Fsp3) is 0.400. The molecule has 2 heterocycles. The molecule has 0 spiro atoms. The van der Waals surface area contributed by atoms with E-state index in [4.69, 9.17) is 10.3 Å². The van der Waals surface area contributed by atoms with Crippen molar-refractivity contribution in [2.75, 3.05) is 26.2 Å². The molecule has 1 aliphatic rings. The first kappa shape index (κ1) is 18.9. The van der Waals surface area contributed by atoms with Crippen molar-refractivity contribution in [3.05, 3.63) is 46.0 Å². The molecule has 1 aromatic heterocycles. The van der Waals surface area contributed by atoms with Crippen LogP contribution in [0.1, 0.15) is 22.1 Å². The fourth-order valence-electron chi connectivity index (χ4n) is 2.52. The molecule has 1 amide bonds. The molecule has 24 heavy (non-hydrogen) atoms. The molecule has 2 N–H and O–H groups in total. The maximum absolute atomic E-state index is 12.5. The molecule has 3 rings (SSSR count). The number of hydrogen-bond acceptors (Lipinski definition) is 6. The standard InChI is InChI=1S/C15H18BrN5O2.ClH/c16-12-3-1-11(2-4-12)15(22)21-7-5-20(6-8-21)10-13-18-14(9-17)23-19-13;/h1-4H,5-10,17H2;1H. The van der Waals surface area contributed by atoms with E-state index < -0.39 is 0 Å². The number of benzene rings is 1. The van der Waals surface area contributed by atoms with Crippen molar-refractivity contribution in [1.29, 1.82) is 0 Å². The molecule has 0 saturated carbocycles. The molecule has 1 saturated heterocycles. The van der Waals surface area contributed by atoms with Crippen LogP contribution < -0.4 is 5.73 Å². The molecular formula is C15H19BrClN5O2. The summed E-state index contributed by atoms with van der Waals surface area (Å²) in [4.78, 5) is 20.7. The Balaban J connectivity index is 0.00000208.